The van der Waals surface area contributed by atoms with Crippen LogP contribution in [0.2, 0.25) is 0 Å². The molecule has 0 atom stereocenters. The molecule has 0 spiro atoms. The van der Waals surface area contributed by atoms with E-state index in [4.69, 9.17) is 10.5 Å². The highest BCUT2D eigenvalue weighted by Gasteiger charge is 2.09. The fraction of sp³-hybridized carbons (Fsp3) is 0.429. The van der Waals surface area contributed by atoms with Gasteiger partial charge in [0.2, 0.25) is 0 Å². The van der Waals surface area contributed by atoms with Crippen molar-refractivity contribution in [1.82, 2.24) is 0 Å². The highest BCUT2D eigenvalue weighted by Crippen LogP contribution is 2.30. The fourth-order valence-electron chi connectivity index (χ4n) is 0.742. The van der Waals surface area contributed by atoms with E-state index in [1.807, 2.05) is 0 Å². The quantitative estimate of drug-likeness (QED) is 0.444. The van der Waals surface area contributed by atoms with E-state index in [2.05, 4.69) is 0 Å². The first-order valence-electron chi connectivity index (χ1n) is 3.81. The van der Waals surface area contributed by atoms with Crippen molar-refractivity contribution in [2.75, 3.05) is 13.2 Å². The highest BCUT2D eigenvalue weighted by molar-refractivity contribution is 7.17. The first-order chi connectivity index (χ1) is 6.24. The van der Waals surface area contributed by atoms with Gasteiger partial charge in [-0.2, -0.15) is 0 Å². The summed E-state index contributed by atoms with van der Waals surface area (Å²) < 4.78 is 5.21. The lowest BCUT2D eigenvalue weighted by molar-refractivity contribution is -0.380. The topological polar surface area (TPSA) is 78.4 Å². The molecule has 1 rings (SSSR count). The molecule has 0 amide bonds. The van der Waals surface area contributed by atoms with E-state index < -0.39 is 4.92 Å². The van der Waals surface area contributed by atoms with E-state index in [1.165, 1.54) is 6.07 Å². The summed E-state index contributed by atoms with van der Waals surface area (Å²) in [5.74, 6) is 0. The SMILES string of the molecule is NCCCOc1ccc([N+](=O)[O-])s1. The average molecular weight is 202 g/mol. The number of rotatable bonds is 5. The van der Waals surface area contributed by atoms with Crippen molar-refractivity contribution in [3.63, 3.8) is 0 Å². The molecular formula is C7H10N2O3S. The van der Waals surface area contributed by atoms with E-state index in [1.54, 1.807) is 6.07 Å². The predicted molar refractivity (Wildman–Crippen MR) is 50.1 cm³/mol. The Balaban J connectivity index is 2.44. The van der Waals surface area contributed by atoms with Crippen LogP contribution < -0.4 is 10.5 Å². The molecule has 1 aromatic heterocycles. The number of nitrogens with zero attached hydrogens (tertiary/aromatic N) is 1. The molecule has 0 saturated carbocycles. The molecule has 1 aromatic rings. The molecule has 0 aliphatic carbocycles. The highest BCUT2D eigenvalue weighted by atomic mass is 32.1. The minimum atomic E-state index is -0.430. The Morgan fingerprint density at radius 3 is 2.92 bits per heavy atom. The fourth-order valence-corrected chi connectivity index (χ4v) is 1.44. The van der Waals surface area contributed by atoms with Gasteiger partial charge < -0.3 is 10.5 Å². The number of ether oxygens (including phenoxy) is 1. The first kappa shape index (κ1) is 9.94. The van der Waals surface area contributed by atoms with Crippen LogP contribution in [0.1, 0.15) is 6.42 Å². The van der Waals surface area contributed by atoms with Gasteiger partial charge in [0.1, 0.15) is 0 Å². The lowest BCUT2D eigenvalue weighted by atomic mass is 10.5. The lowest BCUT2D eigenvalue weighted by Gasteiger charge is -1.99. The molecule has 5 nitrogen and oxygen atoms in total. The van der Waals surface area contributed by atoms with Crippen LogP contribution in [0, 0.1) is 10.1 Å². The summed E-state index contributed by atoms with van der Waals surface area (Å²) in [6.45, 7) is 1.07. The summed E-state index contributed by atoms with van der Waals surface area (Å²) in [5.41, 5.74) is 5.26. The molecular weight excluding hydrogens is 192 g/mol. The molecule has 0 unspecified atom stereocenters. The number of nitro groups is 1. The van der Waals surface area contributed by atoms with Gasteiger partial charge in [-0.25, -0.2) is 0 Å². The molecule has 0 aliphatic heterocycles. The van der Waals surface area contributed by atoms with Crippen LogP contribution in [-0.2, 0) is 0 Å². The Kier molecular flexibility index (Phi) is 3.66. The van der Waals surface area contributed by atoms with Crippen molar-refractivity contribution in [2.24, 2.45) is 5.73 Å². The Morgan fingerprint density at radius 1 is 1.62 bits per heavy atom. The van der Waals surface area contributed by atoms with E-state index in [-0.39, 0.29) is 5.00 Å². The smallest absolute Gasteiger partial charge is 0.327 e. The molecule has 0 radical (unpaired) electrons. The van der Waals surface area contributed by atoms with Gasteiger partial charge in [0, 0.05) is 6.07 Å². The molecule has 72 valence electrons. The average Bonchev–Trinajstić information content (AvgIpc) is 2.53. The number of nitrogens with two attached hydrogens (primary N) is 1. The number of hydrogen-bond donors (Lipinski definition) is 1. The summed E-state index contributed by atoms with van der Waals surface area (Å²) in [5, 5.41) is 11.0. The van der Waals surface area contributed by atoms with Crippen molar-refractivity contribution in [2.45, 2.75) is 6.42 Å². The largest absolute Gasteiger partial charge is 0.484 e. The number of hydrogen-bond acceptors (Lipinski definition) is 5. The first-order valence-corrected chi connectivity index (χ1v) is 4.63. The van der Waals surface area contributed by atoms with E-state index >= 15 is 0 Å². The van der Waals surface area contributed by atoms with E-state index in [0.29, 0.717) is 18.2 Å². The second-order valence-electron chi connectivity index (χ2n) is 2.34. The predicted octanol–water partition coefficient (Wildman–Crippen LogP) is 1.38. The third-order valence-electron chi connectivity index (χ3n) is 1.34. The maximum Gasteiger partial charge on any atom is 0.327 e. The molecule has 1 heterocycles. The Morgan fingerprint density at radius 2 is 2.38 bits per heavy atom. The third-order valence-corrected chi connectivity index (χ3v) is 2.29. The zero-order chi connectivity index (χ0) is 9.68. The van der Waals surface area contributed by atoms with Crippen LogP contribution in [-0.4, -0.2) is 18.1 Å². The normalized spacial score (nSPS) is 9.92. The summed E-state index contributed by atoms with van der Waals surface area (Å²) in [6.07, 6.45) is 0.756. The van der Waals surface area contributed by atoms with Crippen LogP contribution in [0.25, 0.3) is 0 Å². The zero-order valence-electron chi connectivity index (χ0n) is 6.93. The van der Waals surface area contributed by atoms with Crippen molar-refractivity contribution in [3.05, 3.63) is 22.2 Å². The molecule has 13 heavy (non-hydrogen) atoms. The second-order valence-corrected chi connectivity index (χ2v) is 3.37. The zero-order valence-corrected chi connectivity index (χ0v) is 7.75. The Hall–Kier alpha value is -1.14. The molecule has 0 bridgehead atoms. The molecule has 6 heteroatoms. The molecule has 0 fully saturated rings. The van der Waals surface area contributed by atoms with E-state index in [0.717, 1.165) is 17.8 Å². The molecule has 2 N–H and O–H groups in total. The second kappa shape index (κ2) is 4.78. The van der Waals surface area contributed by atoms with Gasteiger partial charge >= 0.3 is 5.00 Å². The lowest BCUT2D eigenvalue weighted by Crippen LogP contribution is -2.05. The van der Waals surface area contributed by atoms with Crippen LogP contribution >= 0.6 is 11.3 Å². The van der Waals surface area contributed by atoms with Crippen LogP contribution in [0.3, 0.4) is 0 Å². The minimum Gasteiger partial charge on any atom is -0.484 e. The minimum absolute atomic E-state index is 0.0998. The maximum atomic E-state index is 10.3. The summed E-state index contributed by atoms with van der Waals surface area (Å²) >= 11 is 1.03. The summed E-state index contributed by atoms with van der Waals surface area (Å²) in [4.78, 5) is 9.85. The summed E-state index contributed by atoms with van der Waals surface area (Å²) in [6, 6.07) is 3.03. The van der Waals surface area contributed by atoms with Crippen molar-refractivity contribution < 1.29 is 9.66 Å². The van der Waals surface area contributed by atoms with Gasteiger partial charge in [0.05, 0.1) is 11.5 Å². The van der Waals surface area contributed by atoms with Gasteiger partial charge in [0.25, 0.3) is 0 Å². The molecule has 0 aliphatic rings. The van der Waals surface area contributed by atoms with Gasteiger partial charge in [-0.15, -0.1) is 0 Å². The van der Waals surface area contributed by atoms with Crippen molar-refractivity contribution in [3.8, 4) is 5.06 Å². The monoisotopic (exact) mass is 202 g/mol. The molecule has 0 saturated heterocycles. The van der Waals surface area contributed by atoms with Crippen LogP contribution in [0.4, 0.5) is 5.00 Å². The molecule has 0 aromatic carbocycles. The van der Waals surface area contributed by atoms with Gasteiger partial charge in [-0.05, 0) is 30.4 Å². The third kappa shape index (κ3) is 3.00. The van der Waals surface area contributed by atoms with Gasteiger partial charge in [0.15, 0.2) is 5.06 Å². The Bertz CT molecular complexity index is 287. The van der Waals surface area contributed by atoms with Crippen molar-refractivity contribution >= 4 is 16.3 Å². The van der Waals surface area contributed by atoms with E-state index in [9.17, 15) is 10.1 Å². The standard InChI is InChI=1S/C7H10N2O3S/c8-4-1-5-12-7-3-2-6(13-7)9(10)11/h2-3H,1,4-5,8H2. The maximum absolute atomic E-state index is 10.3. The van der Waals surface area contributed by atoms with Crippen LogP contribution in [0.5, 0.6) is 5.06 Å². The Labute approximate surface area is 79.3 Å². The van der Waals surface area contributed by atoms with Crippen molar-refractivity contribution in [1.29, 1.82) is 0 Å². The van der Waals surface area contributed by atoms with Gasteiger partial charge in [-0.1, -0.05) is 0 Å². The van der Waals surface area contributed by atoms with Crippen LogP contribution in [0.15, 0.2) is 12.1 Å². The van der Waals surface area contributed by atoms with Gasteiger partial charge in [-0.3, -0.25) is 10.1 Å². The summed E-state index contributed by atoms with van der Waals surface area (Å²) in [7, 11) is 0. The number of thiophene rings is 1.